The zero-order valence-corrected chi connectivity index (χ0v) is 23.8. The van der Waals surface area contributed by atoms with Gasteiger partial charge in [-0.15, -0.1) is 0 Å². The highest BCUT2D eigenvalue weighted by Gasteiger charge is 2.23. The summed E-state index contributed by atoms with van der Waals surface area (Å²) in [7, 11) is 3.32. The van der Waals surface area contributed by atoms with E-state index in [9.17, 15) is 0 Å². The number of rotatable bonds is 16. The molecule has 0 aromatic heterocycles. The molecule has 4 aromatic carbocycles. The molecule has 7 nitrogen and oxygen atoms in total. The Kier molecular flexibility index (Phi) is 11.9. The van der Waals surface area contributed by atoms with Crippen molar-refractivity contribution in [2.75, 3.05) is 40.5 Å². The first-order chi connectivity index (χ1) is 20.1. The van der Waals surface area contributed by atoms with Crippen LogP contribution in [-0.4, -0.2) is 54.4 Å². The molecule has 0 spiro atoms. The van der Waals surface area contributed by atoms with Crippen LogP contribution in [0, 0.1) is 0 Å². The molecular formula is C32H38B2N2O5. The lowest BCUT2D eigenvalue weighted by Crippen LogP contribution is -2.46. The van der Waals surface area contributed by atoms with Crippen LogP contribution in [0.1, 0.15) is 11.1 Å². The Hall–Kier alpha value is -3.59. The maximum Gasteiger partial charge on any atom is 0.361 e. The molecule has 0 fully saturated rings. The van der Waals surface area contributed by atoms with Crippen molar-refractivity contribution in [3.05, 3.63) is 108 Å². The van der Waals surface area contributed by atoms with Crippen LogP contribution in [0.3, 0.4) is 0 Å². The van der Waals surface area contributed by atoms with Crippen LogP contribution < -0.4 is 42.8 Å². The average molecular weight is 552 g/mol. The first kappa shape index (κ1) is 30.4. The highest BCUT2D eigenvalue weighted by atomic mass is 16.5. The molecule has 0 atom stereocenters. The molecule has 0 unspecified atom stereocenters. The maximum absolute atomic E-state index is 6.15. The fourth-order valence-electron chi connectivity index (χ4n) is 4.68. The minimum absolute atomic E-state index is 0.232. The van der Waals surface area contributed by atoms with Crippen LogP contribution in [0.5, 0.6) is 11.5 Å². The molecule has 0 bridgehead atoms. The van der Waals surface area contributed by atoms with Gasteiger partial charge >= 0.3 is 13.8 Å². The third kappa shape index (κ3) is 8.70. The molecule has 0 radical (unpaired) electrons. The second-order valence-corrected chi connectivity index (χ2v) is 9.61. The van der Waals surface area contributed by atoms with Crippen LogP contribution >= 0.6 is 0 Å². The number of hydrogen-bond donors (Lipinski definition) is 2. The Balaban J connectivity index is 1.44. The van der Waals surface area contributed by atoms with Gasteiger partial charge in [0, 0.05) is 26.3 Å². The standard InChI is InChI=1S/C32H38B2N2O5/c1-37-31-13-9-27(10-14-31)33(40-19-17-35)29-7-3-5-25(21-29)23-39-24-26-6-4-8-30(22-26)34(41-20-18-36)28-11-15-32(38-2)16-12-28/h3-16,21-22H,17-20,23-24,35-36H2,1-2H3. The molecule has 0 saturated carbocycles. The van der Waals surface area contributed by atoms with Crippen LogP contribution in [0.2, 0.25) is 0 Å². The first-order valence-electron chi connectivity index (χ1n) is 13.8. The zero-order valence-electron chi connectivity index (χ0n) is 23.8. The smallest absolute Gasteiger partial charge is 0.361 e. The summed E-state index contributed by atoms with van der Waals surface area (Å²) in [6.07, 6.45) is 0. The molecule has 4 N–H and O–H groups in total. The Morgan fingerprint density at radius 1 is 0.537 bits per heavy atom. The predicted molar refractivity (Wildman–Crippen MR) is 167 cm³/mol. The average Bonchev–Trinajstić information content (AvgIpc) is 3.02. The molecular weight excluding hydrogens is 514 g/mol. The molecule has 41 heavy (non-hydrogen) atoms. The molecule has 0 aliphatic rings. The van der Waals surface area contributed by atoms with Crippen LogP contribution in [0.15, 0.2) is 97.1 Å². The van der Waals surface area contributed by atoms with Gasteiger partial charge in [0.25, 0.3) is 0 Å². The van der Waals surface area contributed by atoms with E-state index in [1.165, 1.54) is 0 Å². The summed E-state index contributed by atoms with van der Waals surface area (Å²) in [4.78, 5) is 0. The lowest BCUT2D eigenvalue weighted by Gasteiger charge is -2.17. The highest BCUT2D eigenvalue weighted by molar-refractivity contribution is 6.80. The molecule has 0 heterocycles. The number of methoxy groups -OCH3 is 2. The Morgan fingerprint density at radius 3 is 1.32 bits per heavy atom. The minimum Gasteiger partial charge on any atom is -0.497 e. The largest absolute Gasteiger partial charge is 0.497 e. The van der Waals surface area contributed by atoms with Gasteiger partial charge in [-0.3, -0.25) is 0 Å². The molecule has 9 heteroatoms. The topological polar surface area (TPSA) is 98.2 Å². The molecule has 0 aliphatic carbocycles. The van der Waals surface area contributed by atoms with Crippen molar-refractivity contribution < 1.29 is 23.5 Å². The van der Waals surface area contributed by atoms with Crippen molar-refractivity contribution in [3.63, 3.8) is 0 Å². The summed E-state index contributed by atoms with van der Waals surface area (Å²) in [5.74, 6) is 1.61. The van der Waals surface area contributed by atoms with Crippen molar-refractivity contribution in [2.45, 2.75) is 13.2 Å². The molecule has 212 valence electrons. The van der Waals surface area contributed by atoms with Crippen molar-refractivity contribution in [1.29, 1.82) is 0 Å². The summed E-state index contributed by atoms with van der Waals surface area (Å²) in [5.41, 5.74) is 17.8. The van der Waals surface area contributed by atoms with E-state index in [1.807, 2.05) is 60.7 Å². The first-order valence-corrected chi connectivity index (χ1v) is 13.8. The maximum atomic E-state index is 6.15. The quantitative estimate of drug-likeness (QED) is 0.204. The lowest BCUT2D eigenvalue weighted by atomic mass is 9.55. The van der Waals surface area contributed by atoms with E-state index >= 15 is 0 Å². The van der Waals surface area contributed by atoms with E-state index in [0.29, 0.717) is 39.5 Å². The number of nitrogens with two attached hydrogens (primary N) is 2. The van der Waals surface area contributed by atoms with Gasteiger partial charge in [0.05, 0.1) is 27.4 Å². The van der Waals surface area contributed by atoms with E-state index in [0.717, 1.165) is 44.5 Å². The molecule has 0 aliphatic heterocycles. The van der Waals surface area contributed by atoms with Crippen molar-refractivity contribution in [3.8, 4) is 11.5 Å². The van der Waals surface area contributed by atoms with Crippen LogP contribution in [-0.2, 0) is 27.3 Å². The van der Waals surface area contributed by atoms with Gasteiger partial charge in [0.15, 0.2) is 0 Å². The second kappa shape index (κ2) is 16.0. The molecule has 4 rings (SSSR count). The minimum atomic E-state index is -0.232. The number of benzene rings is 4. The Bertz CT molecular complexity index is 1240. The van der Waals surface area contributed by atoms with Crippen LogP contribution in [0.25, 0.3) is 0 Å². The normalized spacial score (nSPS) is 10.8. The molecule has 4 aromatic rings. The fourth-order valence-corrected chi connectivity index (χ4v) is 4.68. The van der Waals surface area contributed by atoms with E-state index in [2.05, 4.69) is 36.4 Å². The van der Waals surface area contributed by atoms with Gasteiger partial charge < -0.3 is 35.0 Å². The summed E-state index contributed by atoms with van der Waals surface area (Å²) in [6.45, 7) is 2.29. The predicted octanol–water partition coefficient (Wildman–Crippen LogP) is 1.58. The van der Waals surface area contributed by atoms with E-state index < -0.39 is 0 Å². The third-order valence-electron chi connectivity index (χ3n) is 6.69. The SMILES string of the molecule is COc1ccc(B(OCCN)c2cccc(COCc3cccc(B(OCCN)c4ccc(OC)cc4)c3)c2)cc1. The van der Waals surface area contributed by atoms with Gasteiger partial charge in [-0.1, -0.05) is 72.8 Å². The van der Waals surface area contributed by atoms with Crippen molar-refractivity contribution in [1.82, 2.24) is 0 Å². The fraction of sp³-hybridized carbons (Fsp3) is 0.250. The second-order valence-electron chi connectivity index (χ2n) is 9.61. The number of ether oxygens (including phenoxy) is 3. The van der Waals surface area contributed by atoms with Crippen molar-refractivity contribution >= 4 is 35.7 Å². The van der Waals surface area contributed by atoms with Gasteiger partial charge in [-0.2, -0.15) is 0 Å². The number of hydrogen-bond acceptors (Lipinski definition) is 7. The van der Waals surface area contributed by atoms with Gasteiger partial charge in [-0.05, 0) is 57.2 Å². The zero-order chi connectivity index (χ0) is 28.9. The van der Waals surface area contributed by atoms with E-state index in [4.69, 9.17) is 35.0 Å². The monoisotopic (exact) mass is 552 g/mol. The summed E-state index contributed by atoms with van der Waals surface area (Å²) in [5, 5.41) is 0. The van der Waals surface area contributed by atoms with Crippen molar-refractivity contribution in [2.24, 2.45) is 11.5 Å². The van der Waals surface area contributed by atoms with Gasteiger partial charge in [0.1, 0.15) is 11.5 Å². The molecule has 0 amide bonds. The Labute approximate surface area is 243 Å². The molecule has 0 saturated heterocycles. The van der Waals surface area contributed by atoms with E-state index in [1.54, 1.807) is 14.2 Å². The van der Waals surface area contributed by atoms with Crippen LogP contribution in [0.4, 0.5) is 0 Å². The lowest BCUT2D eigenvalue weighted by molar-refractivity contribution is 0.107. The van der Waals surface area contributed by atoms with Gasteiger partial charge in [0.2, 0.25) is 0 Å². The summed E-state index contributed by atoms with van der Waals surface area (Å²) in [6, 6.07) is 32.4. The summed E-state index contributed by atoms with van der Waals surface area (Å²) >= 11 is 0. The summed E-state index contributed by atoms with van der Waals surface area (Å²) < 4.78 is 29.1. The Morgan fingerprint density at radius 2 is 0.951 bits per heavy atom. The van der Waals surface area contributed by atoms with E-state index in [-0.39, 0.29) is 13.8 Å². The van der Waals surface area contributed by atoms with Gasteiger partial charge in [-0.25, -0.2) is 0 Å². The third-order valence-corrected chi connectivity index (χ3v) is 6.69. The highest BCUT2D eigenvalue weighted by Crippen LogP contribution is 2.10.